The number of nitrogens with zero attached hydrogens (tertiary/aromatic N) is 2. The van der Waals surface area contributed by atoms with Gasteiger partial charge in [0.05, 0.1) is 17.5 Å². The summed E-state index contributed by atoms with van der Waals surface area (Å²) in [5.41, 5.74) is 1.50. The maximum Gasteiger partial charge on any atom is 0.213 e. The summed E-state index contributed by atoms with van der Waals surface area (Å²) in [5.74, 6) is -0.119. The van der Waals surface area contributed by atoms with Crippen LogP contribution in [-0.2, 0) is 15.8 Å². The van der Waals surface area contributed by atoms with Crippen molar-refractivity contribution in [3.63, 3.8) is 0 Å². The smallest absolute Gasteiger partial charge is 0.213 e. The summed E-state index contributed by atoms with van der Waals surface area (Å²) in [5, 5.41) is 9.54. The molecule has 0 amide bonds. The molecule has 0 aliphatic heterocycles. The zero-order chi connectivity index (χ0) is 13.2. The van der Waals surface area contributed by atoms with Crippen LogP contribution < -0.4 is 5.14 Å². The third-order valence-electron chi connectivity index (χ3n) is 3.57. The number of sulfonamides is 1. The van der Waals surface area contributed by atoms with Crippen LogP contribution in [0.1, 0.15) is 55.8 Å². The molecular formula is C12H21N3O2S. The van der Waals surface area contributed by atoms with E-state index >= 15 is 0 Å². The summed E-state index contributed by atoms with van der Waals surface area (Å²) in [7, 11) is -3.48. The molecule has 2 N–H and O–H groups in total. The van der Waals surface area contributed by atoms with Crippen molar-refractivity contribution >= 4 is 10.0 Å². The first-order valence-corrected chi connectivity index (χ1v) is 8.22. The van der Waals surface area contributed by atoms with E-state index in [9.17, 15) is 8.42 Å². The second kappa shape index (κ2) is 5.40. The lowest BCUT2D eigenvalue weighted by atomic mass is 10.1. The lowest BCUT2D eigenvalue weighted by Crippen LogP contribution is -2.14. The van der Waals surface area contributed by atoms with Crippen molar-refractivity contribution in [3.05, 3.63) is 17.5 Å². The van der Waals surface area contributed by atoms with Gasteiger partial charge in [0.25, 0.3) is 0 Å². The van der Waals surface area contributed by atoms with Crippen LogP contribution >= 0.6 is 0 Å². The largest absolute Gasteiger partial charge is 0.269 e. The predicted octanol–water partition coefficient (Wildman–Crippen LogP) is 1.88. The molecule has 5 nitrogen and oxygen atoms in total. The van der Waals surface area contributed by atoms with Crippen LogP contribution in [0, 0.1) is 6.92 Å². The van der Waals surface area contributed by atoms with Crippen LogP contribution in [-0.4, -0.2) is 18.2 Å². The van der Waals surface area contributed by atoms with Gasteiger partial charge < -0.3 is 0 Å². The molecule has 2 rings (SSSR count). The molecule has 18 heavy (non-hydrogen) atoms. The molecule has 0 aromatic carbocycles. The van der Waals surface area contributed by atoms with Gasteiger partial charge in [0.1, 0.15) is 0 Å². The van der Waals surface area contributed by atoms with Gasteiger partial charge in [0, 0.05) is 11.8 Å². The van der Waals surface area contributed by atoms with Crippen LogP contribution in [0.25, 0.3) is 0 Å². The van der Waals surface area contributed by atoms with Crippen LogP contribution in [0.4, 0.5) is 0 Å². The second-order valence-electron chi connectivity index (χ2n) is 5.17. The van der Waals surface area contributed by atoms with E-state index in [1.54, 1.807) is 0 Å². The van der Waals surface area contributed by atoms with Crippen LogP contribution in [0.15, 0.2) is 6.20 Å². The lowest BCUT2D eigenvalue weighted by Gasteiger charge is -2.14. The number of aryl methyl sites for hydroxylation is 1. The lowest BCUT2D eigenvalue weighted by molar-refractivity contribution is 0.404. The third-order valence-corrected chi connectivity index (χ3v) is 4.29. The topological polar surface area (TPSA) is 78.0 Å². The minimum Gasteiger partial charge on any atom is -0.269 e. The van der Waals surface area contributed by atoms with E-state index in [4.69, 9.17) is 5.14 Å². The monoisotopic (exact) mass is 271 g/mol. The van der Waals surface area contributed by atoms with Crippen molar-refractivity contribution in [2.45, 2.75) is 57.2 Å². The highest BCUT2D eigenvalue weighted by Crippen LogP contribution is 2.27. The van der Waals surface area contributed by atoms with Gasteiger partial charge in [0.15, 0.2) is 0 Å². The minimum absolute atomic E-state index is 0.119. The molecule has 102 valence electrons. The average Bonchev–Trinajstić information content (AvgIpc) is 2.53. The van der Waals surface area contributed by atoms with E-state index in [1.165, 1.54) is 25.7 Å². The normalized spacial score (nSPS) is 18.8. The van der Waals surface area contributed by atoms with Crippen molar-refractivity contribution in [1.82, 2.24) is 9.78 Å². The summed E-state index contributed by atoms with van der Waals surface area (Å²) in [6.45, 7) is 1.84. The third kappa shape index (κ3) is 3.55. The number of hydrogen-bond donors (Lipinski definition) is 1. The molecule has 0 radical (unpaired) electrons. The first kappa shape index (κ1) is 13.5. The summed E-state index contributed by atoms with van der Waals surface area (Å²) in [6, 6.07) is 0.417. The molecule has 0 unspecified atom stereocenters. The molecule has 1 heterocycles. The zero-order valence-corrected chi connectivity index (χ0v) is 11.6. The van der Waals surface area contributed by atoms with Gasteiger partial charge in [-0.3, -0.25) is 4.68 Å². The Balaban J connectivity index is 2.17. The van der Waals surface area contributed by atoms with E-state index in [-0.39, 0.29) is 5.75 Å². The highest BCUT2D eigenvalue weighted by molar-refractivity contribution is 7.88. The van der Waals surface area contributed by atoms with Crippen molar-refractivity contribution in [2.75, 3.05) is 0 Å². The van der Waals surface area contributed by atoms with Gasteiger partial charge >= 0.3 is 0 Å². The fraction of sp³-hybridized carbons (Fsp3) is 0.750. The Morgan fingerprint density at radius 3 is 2.50 bits per heavy atom. The highest BCUT2D eigenvalue weighted by Gasteiger charge is 2.18. The first-order chi connectivity index (χ1) is 8.46. The van der Waals surface area contributed by atoms with Gasteiger partial charge in [-0.15, -0.1) is 0 Å². The zero-order valence-electron chi connectivity index (χ0n) is 10.8. The summed E-state index contributed by atoms with van der Waals surface area (Å²) in [6.07, 6.45) is 9.17. The van der Waals surface area contributed by atoms with E-state index < -0.39 is 10.0 Å². The quantitative estimate of drug-likeness (QED) is 0.852. The van der Waals surface area contributed by atoms with Gasteiger partial charge in [-0.05, 0) is 19.8 Å². The van der Waals surface area contributed by atoms with E-state index in [1.807, 2.05) is 17.8 Å². The molecule has 1 fully saturated rings. The molecule has 1 aliphatic rings. The summed E-state index contributed by atoms with van der Waals surface area (Å²) >= 11 is 0. The maximum atomic E-state index is 11.1. The average molecular weight is 271 g/mol. The fourth-order valence-electron chi connectivity index (χ4n) is 2.59. The van der Waals surface area contributed by atoms with Crippen molar-refractivity contribution in [1.29, 1.82) is 0 Å². The number of hydrogen-bond acceptors (Lipinski definition) is 3. The predicted molar refractivity (Wildman–Crippen MR) is 70.5 cm³/mol. The van der Waals surface area contributed by atoms with Crippen LogP contribution in [0.3, 0.4) is 0 Å². The highest BCUT2D eigenvalue weighted by atomic mass is 32.2. The molecule has 1 saturated carbocycles. The SMILES string of the molecule is Cc1nn(C2CCCCCC2)cc1CS(N)(=O)=O. The van der Waals surface area contributed by atoms with E-state index in [0.717, 1.165) is 24.1 Å². The fourth-order valence-corrected chi connectivity index (χ4v) is 3.30. The standard InChI is InChI=1S/C12H21N3O2S/c1-10-11(9-18(13,16)17)8-15(14-10)12-6-4-2-3-5-7-12/h8,12H,2-7,9H2,1H3,(H2,13,16,17). The number of rotatable bonds is 3. The Hall–Kier alpha value is -0.880. The van der Waals surface area contributed by atoms with Crippen molar-refractivity contribution in [2.24, 2.45) is 5.14 Å². The van der Waals surface area contributed by atoms with Gasteiger partial charge in [-0.2, -0.15) is 5.10 Å². The number of aromatic nitrogens is 2. The first-order valence-electron chi connectivity index (χ1n) is 6.51. The number of primary sulfonamides is 1. The van der Waals surface area contributed by atoms with Crippen LogP contribution in [0.2, 0.25) is 0 Å². The Labute approximate surface area is 108 Å². The second-order valence-corrected chi connectivity index (χ2v) is 6.79. The molecule has 0 bridgehead atoms. The van der Waals surface area contributed by atoms with Crippen LogP contribution in [0.5, 0.6) is 0 Å². The molecule has 1 aliphatic carbocycles. The van der Waals surface area contributed by atoms with Crippen molar-refractivity contribution in [3.8, 4) is 0 Å². The Morgan fingerprint density at radius 1 is 1.33 bits per heavy atom. The molecule has 1 aromatic rings. The molecule has 1 aromatic heterocycles. The summed E-state index contributed by atoms with van der Waals surface area (Å²) < 4.78 is 24.2. The minimum atomic E-state index is -3.48. The molecular weight excluding hydrogens is 250 g/mol. The Morgan fingerprint density at radius 2 is 1.94 bits per heavy atom. The van der Waals surface area contributed by atoms with Gasteiger partial charge in [-0.1, -0.05) is 25.7 Å². The Kier molecular flexibility index (Phi) is 4.07. The molecule has 6 heteroatoms. The molecule has 0 spiro atoms. The summed E-state index contributed by atoms with van der Waals surface area (Å²) in [4.78, 5) is 0. The molecule has 0 saturated heterocycles. The van der Waals surface area contributed by atoms with E-state index in [2.05, 4.69) is 5.10 Å². The van der Waals surface area contributed by atoms with E-state index in [0.29, 0.717) is 6.04 Å². The van der Waals surface area contributed by atoms with Crippen molar-refractivity contribution < 1.29 is 8.42 Å². The molecule has 0 atom stereocenters. The van der Waals surface area contributed by atoms with Gasteiger partial charge in [0.2, 0.25) is 10.0 Å². The number of nitrogens with two attached hydrogens (primary N) is 1. The van der Waals surface area contributed by atoms with Gasteiger partial charge in [-0.25, -0.2) is 13.6 Å². The maximum absolute atomic E-state index is 11.1. The Bertz CT molecular complexity index is 499.